The molecule has 6 rings (SSSR count). The van der Waals surface area contributed by atoms with Gasteiger partial charge in [0.1, 0.15) is 29.1 Å². The number of anilines is 1. The molecule has 2 amide bonds. The van der Waals surface area contributed by atoms with Crippen LogP contribution in [0.4, 0.5) is 14.9 Å². The summed E-state index contributed by atoms with van der Waals surface area (Å²) < 4.78 is 22.4. The van der Waals surface area contributed by atoms with Crippen LogP contribution in [0.5, 0.6) is 0 Å². The van der Waals surface area contributed by atoms with Crippen molar-refractivity contribution in [1.82, 2.24) is 14.4 Å². The summed E-state index contributed by atoms with van der Waals surface area (Å²) in [7, 11) is 0. The molecule has 222 valence electrons. The first kappa shape index (κ1) is 28.0. The number of aliphatic hydroxyl groups is 1. The van der Waals surface area contributed by atoms with Crippen LogP contribution in [0.15, 0.2) is 33.7 Å². The summed E-state index contributed by atoms with van der Waals surface area (Å²) in [6.45, 7) is 1.96. The summed E-state index contributed by atoms with van der Waals surface area (Å²) in [5, 5.41) is 28.4. The van der Waals surface area contributed by atoms with Crippen LogP contribution in [-0.4, -0.2) is 97.9 Å². The van der Waals surface area contributed by atoms with E-state index >= 15 is 4.39 Å². The number of benzene rings is 1. The molecule has 1 saturated carbocycles. The zero-order valence-corrected chi connectivity index (χ0v) is 23.2. The Bertz CT molecular complexity index is 1630. The number of aromatic carboxylic acids is 1. The van der Waals surface area contributed by atoms with Gasteiger partial charge < -0.3 is 34.4 Å². The first-order chi connectivity index (χ1) is 20.0. The molecule has 3 fully saturated rings. The van der Waals surface area contributed by atoms with Gasteiger partial charge in [0.15, 0.2) is 0 Å². The van der Waals surface area contributed by atoms with E-state index in [4.69, 9.17) is 4.74 Å². The van der Waals surface area contributed by atoms with E-state index in [1.54, 1.807) is 15.5 Å². The number of carbonyl (C=O) groups is 4. The molecule has 2 saturated heterocycles. The molecule has 1 aromatic heterocycles. The number of fused-ring (bicyclic) bond motifs is 2. The average molecular weight is 603 g/mol. The molecule has 3 N–H and O–H groups in total. The van der Waals surface area contributed by atoms with E-state index in [9.17, 15) is 39.3 Å². The Morgan fingerprint density at radius 2 is 1.79 bits per heavy atom. The van der Waals surface area contributed by atoms with Crippen molar-refractivity contribution in [3.63, 3.8) is 0 Å². The predicted molar refractivity (Wildman–Crippen MR) is 147 cm³/mol. The molecule has 3 aliphatic heterocycles. The molecule has 4 aliphatic rings. The Labute approximate surface area is 241 Å². The van der Waals surface area contributed by atoms with Crippen LogP contribution in [0, 0.1) is 11.7 Å². The van der Waals surface area contributed by atoms with Gasteiger partial charge >= 0.3 is 18.0 Å². The van der Waals surface area contributed by atoms with E-state index in [2.05, 4.69) is 0 Å². The highest BCUT2D eigenvalue weighted by atomic mass is 32.2. The van der Waals surface area contributed by atoms with Crippen LogP contribution in [0.2, 0.25) is 0 Å². The van der Waals surface area contributed by atoms with Crippen molar-refractivity contribution < 1.29 is 43.6 Å². The number of aliphatic hydroxyl groups excluding tert-OH is 1. The van der Waals surface area contributed by atoms with Crippen molar-refractivity contribution in [3.8, 4) is 0 Å². The number of amides is 2. The number of carbonyl (C=O) groups excluding carboxylic acids is 2. The molecule has 3 atom stereocenters. The number of thioether (sulfide) groups is 1. The fraction of sp³-hybridized carbons (Fsp3) is 0.444. The summed E-state index contributed by atoms with van der Waals surface area (Å²) >= 11 is 1.08. The summed E-state index contributed by atoms with van der Waals surface area (Å²) in [6.07, 6.45) is 1.32. The molecule has 1 aliphatic carbocycles. The van der Waals surface area contributed by atoms with E-state index in [0.717, 1.165) is 35.6 Å². The summed E-state index contributed by atoms with van der Waals surface area (Å²) in [4.78, 5) is 65.8. The first-order valence-electron chi connectivity index (χ1n) is 13.4. The normalized spacial score (nSPS) is 22.7. The van der Waals surface area contributed by atoms with Crippen molar-refractivity contribution in [3.05, 3.63) is 50.5 Å². The number of β-lactam (4-membered cyclic amide) rings is 1. The van der Waals surface area contributed by atoms with Gasteiger partial charge in [0.05, 0.1) is 28.1 Å². The van der Waals surface area contributed by atoms with Crippen molar-refractivity contribution in [1.29, 1.82) is 0 Å². The Morgan fingerprint density at radius 3 is 2.38 bits per heavy atom. The van der Waals surface area contributed by atoms with E-state index in [-0.39, 0.29) is 60.5 Å². The zero-order valence-electron chi connectivity index (χ0n) is 22.4. The molecule has 15 heteroatoms. The van der Waals surface area contributed by atoms with Crippen LogP contribution < -0.4 is 10.3 Å². The third-order valence-corrected chi connectivity index (χ3v) is 9.39. The van der Waals surface area contributed by atoms with Gasteiger partial charge in [0.2, 0.25) is 11.3 Å². The van der Waals surface area contributed by atoms with Crippen LogP contribution in [0.3, 0.4) is 0 Å². The van der Waals surface area contributed by atoms with Gasteiger partial charge in [-0.05, 0) is 31.9 Å². The molecule has 0 bridgehead atoms. The van der Waals surface area contributed by atoms with Crippen molar-refractivity contribution in [2.75, 3.05) is 37.7 Å². The van der Waals surface area contributed by atoms with Crippen LogP contribution >= 0.6 is 11.8 Å². The van der Waals surface area contributed by atoms with Crippen LogP contribution in [0.1, 0.15) is 36.2 Å². The molecule has 4 heterocycles. The number of ether oxygens (including phenoxy) is 1. The summed E-state index contributed by atoms with van der Waals surface area (Å²) in [5.41, 5.74) is -0.729. The smallest absolute Gasteiger partial charge is 0.410 e. The SMILES string of the molecule is CC(O)[C@H]1C(=O)N2C(C(=O)O)=C(COC(=O)N3CCN(c4cc5c(cc4F)c(=O)c(C(=O)O)cn5C4CC4)CC3)SC12. The second-order valence-corrected chi connectivity index (χ2v) is 11.9. The largest absolute Gasteiger partial charge is 0.477 e. The van der Waals surface area contributed by atoms with E-state index in [0.29, 0.717) is 5.52 Å². The number of hydrogen-bond donors (Lipinski definition) is 3. The molecule has 1 aromatic carbocycles. The number of pyridine rings is 1. The lowest BCUT2D eigenvalue weighted by molar-refractivity contribution is -0.156. The average Bonchev–Trinajstić information content (AvgIpc) is 3.73. The van der Waals surface area contributed by atoms with Gasteiger partial charge in [0.25, 0.3) is 0 Å². The Balaban J connectivity index is 1.13. The molecule has 42 heavy (non-hydrogen) atoms. The number of aliphatic carboxylic acids is 1. The van der Waals surface area contributed by atoms with Gasteiger partial charge in [-0.3, -0.25) is 14.5 Å². The number of nitrogens with zero attached hydrogens (tertiary/aromatic N) is 4. The zero-order chi connectivity index (χ0) is 30.0. The van der Waals surface area contributed by atoms with Gasteiger partial charge in [-0.1, -0.05) is 11.8 Å². The monoisotopic (exact) mass is 602 g/mol. The molecule has 2 aromatic rings. The lowest BCUT2D eigenvalue weighted by atomic mass is 9.92. The lowest BCUT2D eigenvalue weighted by Crippen LogP contribution is -2.60. The molecular formula is C27H27FN4O9S. The standard InChI is InChI=1S/C27H27FN4O9S/c1-12(33)20-23(35)32-21(26(38)39)19(42-24(20)32)11-41-27(40)30-6-4-29(5-7-30)18-9-17-14(8-16(18)28)22(34)15(25(36)37)10-31(17)13-2-3-13/h8-10,12-13,20,24,33H,2-7,11H2,1H3,(H,36,37)(H,38,39)/t12?,20-,24?/m0/s1. The maximum absolute atomic E-state index is 15.2. The van der Waals surface area contributed by atoms with Gasteiger partial charge in [0, 0.05) is 43.8 Å². The number of rotatable bonds is 7. The maximum Gasteiger partial charge on any atom is 0.410 e. The predicted octanol–water partition coefficient (Wildman–Crippen LogP) is 1.64. The lowest BCUT2D eigenvalue weighted by Gasteiger charge is -2.43. The number of carboxylic acid groups (broad SMARTS) is 2. The van der Waals surface area contributed by atoms with E-state index in [1.165, 1.54) is 18.0 Å². The minimum Gasteiger partial charge on any atom is -0.477 e. The second kappa shape index (κ2) is 10.3. The number of halogens is 1. The fourth-order valence-electron chi connectivity index (χ4n) is 5.71. The number of piperazine rings is 1. The summed E-state index contributed by atoms with van der Waals surface area (Å²) in [6, 6.07) is 2.66. The molecule has 2 unspecified atom stereocenters. The van der Waals surface area contributed by atoms with Gasteiger partial charge in [-0.15, -0.1) is 0 Å². The Morgan fingerprint density at radius 1 is 1.10 bits per heavy atom. The van der Waals surface area contributed by atoms with E-state index in [1.807, 2.05) is 0 Å². The first-order valence-corrected chi connectivity index (χ1v) is 14.3. The van der Waals surface area contributed by atoms with Gasteiger partial charge in [-0.25, -0.2) is 18.8 Å². The summed E-state index contributed by atoms with van der Waals surface area (Å²) in [5.74, 6) is -4.60. The Kier molecular flexibility index (Phi) is 6.88. The quantitative estimate of drug-likeness (QED) is 0.394. The molecule has 13 nitrogen and oxygen atoms in total. The minimum atomic E-state index is -1.37. The number of aromatic nitrogens is 1. The molecule has 0 radical (unpaired) electrons. The highest BCUT2D eigenvalue weighted by molar-refractivity contribution is 8.04. The van der Waals surface area contributed by atoms with Crippen molar-refractivity contribution in [2.45, 2.75) is 37.3 Å². The van der Waals surface area contributed by atoms with Crippen molar-refractivity contribution >= 4 is 52.3 Å². The fourth-order valence-corrected chi connectivity index (χ4v) is 7.23. The number of carboxylic acids is 2. The van der Waals surface area contributed by atoms with Gasteiger partial charge in [-0.2, -0.15) is 0 Å². The third kappa shape index (κ3) is 4.56. The van der Waals surface area contributed by atoms with Crippen LogP contribution in [-0.2, 0) is 14.3 Å². The highest BCUT2D eigenvalue weighted by Crippen LogP contribution is 2.50. The molecule has 0 spiro atoms. The van der Waals surface area contributed by atoms with E-state index < -0.39 is 58.1 Å². The maximum atomic E-state index is 15.2. The van der Waals surface area contributed by atoms with Crippen molar-refractivity contribution in [2.24, 2.45) is 5.92 Å². The highest BCUT2D eigenvalue weighted by Gasteiger charge is 2.57. The minimum absolute atomic E-state index is 0.00342. The number of hydrogen-bond acceptors (Lipinski definition) is 9. The van der Waals surface area contributed by atoms with Crippen LogP contribution in [0.25, 0.3) is 10.9 Å². The topological polar surface area (TPSA) is 170 Å². The molecular weight excluding hydrogens is 575 g/mol. The Hall–Kier alpha value is -4.11. The third-order valence-electron chi connectivity index (χ3n) is 8.05. The second-order valence-electron chi connectivity index (χ2n) is 10.7.